The summed E-state index contributed by atoms with van der Waals surface area (Å²) in [4.78, 5) is 11.8. The van der Waals surface area contributed by atoms with Gasteiger partial charge in [0, 0.05) is 13.0 Å². The Morgan fingerprint density at radius 3 is 2.50 bits per heavy atom. The van der Waals surface area contributed by atoms with Gasteiger partial charge in [0.05, 0.1) is 18.1 Å². The van der Waals surface area contributed by atoms with Gasteiger partial charge in [0.25, 0.3) is 0 Å². The molecule has 1 aliphatic heterocycles. The van der Waals surface area contributed by atoms with Crippen LogP contribution in [-0.4, -0.2) is 49.6 Å². The monoisotopic (exact) mass is 299 g/mol. The Kier molecular flexibility index (Phi) is 4.12. The first-order valence-corrected chi connectivity index (χ1v) is 7.64. The molecule has 0 radical (unpaired) electrons. The normalized spacial score (nSPS) is 23.8. The molecule has 0 aromatic heterocycles. The molecule has 2 rings (SSSR count). The van der Waals surface area contributed by atoms with Crippen LogP contribution < -0.4 is 0 Å². The standard InChI is InChI=1S/C13H17NO5S/c1-9-3-5-11(6-4-9)20(17,18)14-8-10(15)7-12(14)13(16)19-2/h3-6,10,12,15H,7-8H2,1-2H3/t10-,12+/m0/s1. The summed E-state index contributed by atoms with van der Waals surface area (Å²) in [5.74, 6) is -0.655. The maximum Gasteiger partial charge on any atom is 0.324 e. The molecule has 1 aromatic rings. The van der Waals surface area contributed by atoms with Crippen molar-refractivity contribution >= 4 is 16.0 Å². The minimum absolute atomic E-state index is 0.0533. The maximum absolute atomic E-state index is 12.5. The Labute approximate surface area is 118 Å². The summed E-state index contributed by atoms with van der Waals surface area (Å²) in [5, 5.41) is 9.65. The first kappa shape index (κ1) is 15.0. The first-order valence-electron chi connectivity index (χ1n) is 6.20. The third kappa shape index (κ3) is 2.70. The number of aliphatic hydroxyl groups excluding tert-OH is 1. The van der Waals surface area contributed by atoms with E-state index in [4.69, 9.17) is 0 Å². The number of methoxy groups -OCH3 is 1. The molecular weight excluding hydrogens is 282 g/mol. The Bertz CT molecular complexity index is 596. The van der Waals surface area contributed by atoms with Crippen LogP contribution in [0.25, 0.3) is 0 Å². The number of benzene rings is 1. The largest absolute Gasteiger partial charge is 0.468 e. The molecule has 0 bridgehead atoms. The van der Waals surface area contributed by atoms with Crippen molar-refractivity contribution in [2.24, 2.45) is 0 Å². The third-order valence-electron chi connectivity index (χ3n) is 3.33. The zero-order valence-corrected chi connectivity index (χ0v) is 12.1. The maximum atomic E-state index is 12.5. The lowest BCUT2D eigenvalue weighted by Gasteiger charge is -2.21. The smallest absolute Gasteiger partial charge is 0.324 e. The van der Waals surface area contributed by atoms with E-state index in [0.29, 0.717) is 0 Å². The predicted molar refractivity (Wildman–Crippen MR) is 71.5 cm³/mol. The van der Waals surface area contributed by atoms with Crippen molar-refractivity contribution in [2.75, 3.05) is 13.7 Å². The molecule has 6 nitrogen and oxygen atoms in total. The average molecular weight is 299 g/mol. The van der Waals surface area contributed by atoms with Crippen LogP contribution in [0.2, 0.25) is 0 Å². The molecule has 0 amide bonds. The molecule has 1 fully saturated rings. The van der Waals surface area contributed by atoms with Crippen LogP contribution in [0, 0.1) is 6.92 Å². The molecule has 20 heavy (non-hydrogen) atoms. The number of esters is 1. The molecule has 1 N–H and O–H groups in total. The highest BCUT2D eigenvalue weighted by atomic mass is 32.2. The minimum Gasteiger partial charge on any atom is -0.468 e. The van der Waals surface area contributed by atoms with Gasteiger partial charge in [0.15, 0.2) is 0 Å². The summed E-state index contributed by atoms with van der Waals surface area (Å²) >= 11 is 0. The molecule has 0 spiro atoms. The van der Waals surface area contributed by atoms with Gasteiger partial charge in [-0.2, -0.15) is 4.31 Å². The molecule has 0 unspecified atom stereocenters. The fourth-order valence-electron chi connectivity index (χ4n) is 2.25. The summed E-state index contributed by atoms with van der Waals surface area (Å²) in [7, 11) is -2.62. The van der Waals surface area contributed by atoms with Crippen molar-refractivity contribution in [3.8, 4) is 0 Å². The van der Waals surface area contributed by atoms with Gasteiger partial charge < -0.3 is 9.84 Å². The lowest BCUT2D eigenvalue weighted by molar-refractivity contribution is -0.144. The zero-order valence-electron chi connectivity index (χ0n) is 11.3. The summed E-state index contributed by atoms with van der Waals surface area (Å²) in [5.41, 5.74) is 0.940. The van der Waals surface area contributed by atoms with E-state index in [-0.39, 0.29) is 17.9 Å². The zero-order chi connectivity index (χ0) is 14.9. The number of hydrogen-bond donors (Lipinski definition) is 1. The van der Waals surface area contributed by atoms with E-state index in [1.807, 2.05) is 6.92 Å². The van der Waals surface area contributed by atoms with E-state index in [0.717, 1.165) is 9.87 Å². The minimum atomic E-state index is -3.82. The van der Waals surface area contributed by atoms with Gasteiger partial charge in [0.1, 0.15) is 6.04 Å². The van der Waals surface area contributed by atoms with Crippen LogP contribution in [0.4, 0.5) is 0 Å². The van der Waals surface area contributed by atoms with Gasteiger partial charge >= 0.3 is 5.97 Å². The molecule has 1 saturated heterocycles. The van der Waals surface area contributed by atoms with Crippen molar-refractivity contribution in [2.45, 2.75) is 30.4 Å². The van der Waals surface area contributed by atoms with Crippen LogP contribution in [0.15, 0.2) is 29.2 Å². The molecule has 1 aliphatic rings. The SMILES string of the molecule is COC(=O)[C@H]1C[C@H](O)CN1S(=O)(=O)c1ccc(C)cc1. The van der Waals surface area contributed by atoms with Crippen LogP contribution >= 0.6 is 0 Å². The first-order chi connectivity index (χ1) is 9.36. The van der Waals surface area contributed by atoms with Crippen molar-refractivity contribution in [1.82, 2.24) is 4.31 Å². The molecule has 2 atom stereocenters. The number of ether oxygens (including phenoxy) is 1. The number of nitrogens with zero attached hydrogens (tertiary/aromatic N) is 1. The summed E-state index contributed by atoms with van der Waals surface area (Å²) in [6.45, 7) is 1.75. The lowest BCUT2D eigenvalue weighted by Crippen LogP contribution is -2.41. The Morgan fingerprint density at radius 1 is 1.35 bits per heavy atom. The molecule has 0 aliphatic carbocycles. The quantitative estimate of drug-likeness (QED) is 0.811. The summed E-state index contributed by atoms with van der Waals surface area (Å²) in [6, 6.07) is 5.38. The fraction of sp³-hybridized carbons (Fsp3) is 0.462. The van der Waals surface area contributed by atoms with Crippen molar-refractivity contribution in [3.05, 3.63) is 29.8 Å². The summed E-state index contributed by atoms with van der Waals surface area (Å²) < 4.78 is 30.7. The Balaban J connectivity index is 2.37. The summed E-state index contributed by atoms with van der Waals surface area (Å²) in [6.07, 6.45) is -0.808. The fourth-order valence-corrected chi connectivity index (χ4v) is 3.87. The van der Waals surface area contributed by atoms with Crippen molar-refractivity contribution < 1.29 is 23.1 Å². The molecule has 1 heterocycles. The van der Waals surface area contributed by atoms with Crippen LogP contribution in [0.1, 0.15) is 12.0 Å². The van der Waals surface area contributed by atoms with Crippen LogP contribution in [0.3, 0.4) is 0 Å². The molecule has 110 valence electrons. The van der Waals surface area contributed by atoms with E-state index >= 15 is 0 Å². The van der Waals surface area contributed by atoms with Gasteiger partial charge in [-0.05, 0) is 19.1 Å². The number of rotatable bonds is 3. The number of sulfonamides is 1. The van der Waals surface area contributed by atoms with Gasteiger partial charge in [-0.1, -0.05) is 17.7 Å². The number of carbonyl (C=O) groups excluding carboxylic acids is 1. The van der Waals surface area contributed by atoms with Gasteiger partial charge in [0.2, 0.25) is 10.0 Å². The highest BCUT2D eigenvalue weighted by Crippen LogP contribution is 2.27. The topological polar surface area (TPSA) is 83.9 Å². The van der Waals surface area contributed by atoms with Crippen LogP contribution in [-0.2, 0) is 19.6 Å². The van der Waals surface area contributed by atoms with E-state index in [2.05, 4.69) is 4.74 Å². The average Bonchev–Trinajstić information content (AvgIpc) is 2.81. The van der Waals surface area contributed by atoms with Gasteiger partial charge in [-0.25, -0.2) is 8.42 Å². The van der Waals surface area contributed by atoms with Crippen molar-refractivity contribution in [3.63, 3.8) is 0 Å². The second kappa shape index (κ2) is 5.51. The molecule has 1 aromatic carbocycles. The Hall–Kier alpha value is -1.44. The third-order valence-corrected chi connectivity index (χ3v) is 5.22. The number of carbonyl (C=O) groups is 1. The highest BCUT2D eigenvalue weighted by Gasteiger charge is 2.44. The lowest BCUT2D eigenvalue weighted by atomic mass is 10.2. The number of β-amino-alcohol motifs (C(OH)–C–C–N with tert-alkyl or cyclic N) is 1. The second-order valence-corrected chi connectivity index (χ2v) is 6.71. The number of hydrogen-bond acceptors (Lipinski definition) is 5. The highest BCUT2D eigenvalue weighted by molar-refractivity contribution is 7.89. The van der Waals surface area contributed by atoms with E-state index in [1.165, 1.54) is 19.2 Å². The number of aryl methyl sites for hydroxylation is 1. The second-order valence-electron chi connectivity index (χ2n) is 4.82. The molecule has 7 heteroatoms. The van der Waals surface area contributed by atoms with E-state index in [1.54, 1.807) is 12.1 Å². The van der Waals surface area contributed by atoms with Gasteiger partial charge in [-0.15, -0.1) is 0 Å². The molecular formula is C13H17NO5S. The van der Waals surface area contributed by atoms with Crippen LogP contribution in [0.5, 0.6) is 0 Å². The van der Waals surface area contributed by atoms with Crippen molar-refractivity contribution in [1.29, 1.82) is 0 Å². The predicted octanol–water partition coefficient (Wildman–Crippen LogP) is 0.292. The van der Waals surface area contributed by atoms with Gasteiger partial charge in [-0.3, -0.25) is 4.79 Å². The van der Waals surface area contributed by atoms with E-state index in [9.17, 15) is 18.3 Å². The molecule has 0 saturated carbocycles. The van der Waals surface area contributed by atoms with E-state index < -0.39 is 28.1 Å². The Morgan fingerprint density at radius 2 is 1.95 bits per heavy atom. The number of aliphatic hydroxyl groups is 1.